The van der Waals surface area contributed by atoms with Gasteiger partial charge in [0.1, 0.15) is 23.3 Å². The smallest absolute Gasteiger partial charge is 0.246 e. The summed E-state index contributed by atoms with van der Waals surface area (Å²) in [5, 5.41) is 0.735. The number of likely N-dealkylation sites (tertiary alicyclic amines) is 1. The van der Waals surface area contributed by atoms with E-state index in [0.29, 0.717) is 24.8 Å². The third kappa shape index (κ3) is 3.41. The van der Waals surface area contributed by atoms with Gasteiger partial charge in [-0.15, -0.1) is 0 Å². The number of hydrogen-bond acceptors (Lipinski definition) is 6. The first-order valence-electron chi connectivity index (χ1n) is 11.6. The summed E-state index contributed by atoms with van der Waals surface area (Å²) in [6.07, 6.45) is 9.15. The molecule has 4 aromatic rings. The van der Waals surface area contributed by atoms with Crippen LogP contribution < -0.4 is 5.73 Å². The van der Waals surface area contributed by atoms with Gasteiger partial charge in [0.15, 0.2) is 11.5 Å². The van der Waals surface area contributed by atoms with Gasteiger partial charge in [-0.25, -0.2) is 15.0 Å². The van der Waals surface area contributed by atoms with Gasteiger partial charge in [0.25, 0.3) is 0 Å². The molecule has 1 saturated carbocycles. The lowest BCUT2D eigenvalue weighted by Gasteiger charge is -2.21. The molecule has 0 bridgehead atoms. The molecule has 1 aromatic carbocycles. The minimum atomic E-state index is -0.0585. The summed E-state index contributed by atoms with van der Waals surface area (Å²) in [5.41, 5.74) is 10.2. The standard InChI is InChI=1S/C26H24N6O2/c1-2-22(33)31-11-10-19(14-31)32-13-18(23-24(27)28-15-29-25(23)32)8-6-16-7-9-21-20(12-16)30-26(34-21)17-4-3-5-17/h2,7,9,12-13,15,17,19H,1,3-5,10-11,14H2,(H2,27,28,29). The van der Waals surface area contributed by atoms with Crippen LogP contribution in [-0.4, -0.2) is 43.4 Å². The van der Waals surface area contributed by atoms with E-state index in [1.165, 1.54) is 18.8 Å². The summed E-state index contributed by atoms with van der Waals surface area (Å²) in [5.74, 6) is 8.12. The molecular formula is C26H24N6O2. The number of hydrogen-bond donors (Lipinski definition) is 1. The molecule has 170 valence electrons. The van der Waals surface area contributed by atoms with Gasteiger partial charge in [-0.3, -0.25) is 4.79 Å². The number of fused-ring (bicyclic) bond motifs is 2. The highest BCUT2D eigenvalue weighted by molar-refractivity contribution is 5.92. The minimum absolute atomic E-state index is 0.0585. The first kappa shape index (κ1) is 20.5. The number of carbonyl (C=O) groups is 1. The Bertz CT molecular complexity index is 1500. The molecule has 2 aliphatic rings. The highest BCUT2D eigenvalue weighted by Crippen LogP contribution is 2.37. The third-order valence-corrected chi connectivity index (χ3v) is 6.88. The number of amides is 1. The summed E-state index contributed by atoms with van der Waals surface area (Å²) in [7, 11) is 0. The van der Waals surface area contributed by atoms with E-state index in [4.69, 9.17) is 10.2 Å². The van der Waals surface area contributed by atoms with E-state index in [-0.39, 0.29) is 11.9 Å². The first-order valence-corrected chi connectivity index (χ1v) is 11.6. The SMILES string of the molecule is C=CC(=O)N1CCC(n2cc(C#Cc3ccc4oc(C5CCC5)nc4c3)c3c(N)ncnc32)C1. The fraction of sp³-hybridized carbons (Fsp3) is 0.308. The molecule has 34 heavy (non-hydrogen) atoms. The Balaban J connectivity index is 1.35. The Labute approximate surface area is 196 Å². The zero-order chi connectivity index (χ0) is 23.2. The molecule has 1 aliphatic heterocycles. The van der Waals surface area contributed by atoms with E-state index in [0.717, 1.165) is 58.4 Å². The van der Waals surface area contributed by atoms with Gasteiger partial charge < -0.3 is 19.6 Å². The largest absolute Gasteiger partial charge is 0.440 e. The molecule has 2 fully saturated rings. The van der Waals surface area contributed by atoms with Crippen molar-refractivity contribution in [2.75, 3.05) is 18.8 Å². The summed E-state index contributed by atoms with van der Waals surface area (Å²) < 4.78 is 8.00. The van der Waals surface area contributed by atoms with Crippen LogP contribution in [0.25, 0.3) is 22.1 Å². The van der Waals surface area contributed by atoms with Crippen molar-refractivity contribution in [3.63, 3.8) is 0 Å². The fourth-order valence-corrected chi connectivity index (χ4v) is 4.77. The van der Waals surface area contributed by atoms with Crippen molar-refractivity contribution in [1.82, 2.24) is 24.4 Å². The van der Waals surface area contributed by atoms with Crippen LogP contribution in [0, 0.1) is 11.8 Å². The van der Waals surface area contributed by atoms with Gasteiger partial charge in [-0.1, -0.05) is 24.8 Å². The number of nitrogens with two attached hydrogens (primary N) is 1. The molecule has 1 saturated heterocycles. The van der Waals surface area contributed by atoms with E-state index in [2.05, 4.69) is 37.9 Å². The van der Waals surface area contributed by atoms with Crippen molar-refractivity contribution in [3.8, 4) is 11.8 Å². The maximum atomic E-state index is 12.0. The van der Waals surface area contributed by atoms with Crippen molar-refractivity contribution in [1.29, 1.82) is 0 Å². The van der Waals surface area contributed by atoms with Crippen LogP contribution in [0.3, 0.4) is 0 Å². The number of carbonyl (C=O) groups excluding carboxylic acids is 1. The number of oxazole rings is 1. The lowest BCUT2D eigenvalue weighted by atomic mass is 9.85. The number of benzene rings is 1. The Morgan fingerprint density at radius 2 is 2.12 bits per heavy atom. The number of nitrogens with zero attached hydrogens (tertiary/aromatic N) is 5. The predicted octanol–water partition coefficient (Wildman–Crippen LogP) is 3.78. The Kier molecular flexibility index (Phi) is 4.84. The molecule has 0 spiro atoms. The van der Waals surface area contributed by atoms with Crippen molar-refractivity contribution in [2.24, 2.45) is 0 Å². The summed E-state index contributed by atoms with van der Waals surface area (Å²) in [6.45, 7) is 4.87. The fourth-order valence-electron chi connectivity index (χ4n) is 4.77. The Morgan fingerprint density at radius 3 is 2.91 bits per heavy atom. The van der Waals surface area contributed by atoms with Gasteiger partial charge in [0.05, 0.1) is 17.0 Å². The van der Waals surface area contributed by atoms with Crippen LogP contribution in [0.5, 0.6) is 0 Å². The molecular weight excluding hydrogens is 428 g/mol. The van der Waals surface area contributed by atoms with Crippen LogP contribution >= 0.6 is 0 Å². The van der Waals surface area contributed by atoms with Gasteiger partial charge in [0.2, 0.25) is 5.91 Å². The predicted molar refractivity (Wildman–Crippen MR) is 129 cm³/mol. The molecule has 8 heteroatoms. The van der Waals surface area contributed by atoms with Crippen LogP contribution in [0.2, 0.25) is 0 Å². The lowest BCUT2D eigenvalue weighted by Crippen LogP contribution is -2.27. The molecule has 6 rings (SSSR count). The number of rotatable bonds is 3. The zero-order valence-electron chi connectivity index (χ0n) is 18.7. The molecule has 2 N–H and O–H groups in total. The molecule has 0 radical (unpaired) electrons. The van der Waals surface area contributed by atoms with Crippen molar-refractivity contribution < 1.29 is 9.21 Å². The van der Waals surface area contributed by atoms with Gasteiger partial charge in [-0.05, 0) is 43.5 Å². The molecule has 3 aromatic heterocycles. The maximum Gasteiger partial charge on any atom is 0.246 e. The summed E-state index contributed by atoms with van der Waals surface area (Å²) >= 11 is 0. The van der Waals surface area contributed by atoms with Crippen molar-refractivity contribution in [2.45, 2.75) is 37.6 Å². The molecule has 1 unspecified atom stereocenters. The second-order valence-corrected chi connectivity index (χ2v) is 8.95. The van der Waals surface area contributed by atoms with Gasteiger partial charge in [-0.2, -0.15) is 0 Å². The molecule has 1 amide bonds. The maximum absolute atomic E-state index is 12.0. The quantitative estimate of drug-likeness (QED) is 0.375. The number of aromatic nitrogens is 4. The van der Waals surface area contributed by atoms with Gasteiger partial charge in [0, 0.05) is 30.8 Å². The number of nitrogen functional groups attached to an aromatic ring is 1. The van der Waals surface area contributed by atoms with E-state index < -0.39 is 0 Å². The van der Waals surface area contributed by atoms with Crippen molar-refractivity contribution in [3.05, 3.63) is 60.4 Å². The van der Waals surface area contributed by atoms with Crippen LogP contribution in [0.1, 0.15) is 54.7 Å². The third-order valence-electron chi connectivity index (χ3n) is 6.88. The van der Waals surface area contributed by atoms with E-state index >= 15 is 0 Å². The van der Waals surface area contributed by atoms with E-state index in [1.54, 1.807) is 4.90 Å². The van der Waals surface area contributed by atoms with E-state index in [1.807, 2.05) is 24.4 Å². The average Bonchev–Trinajstić information content (AvgIpc) is 3.52. The molecule has 4 heterocycles. The van der Waals surface area contributed by atoms with Crippen LogP contribution in [-0.2, 0) is 4.79 Å². The highest BCUT2D eigenvalue weighted by Gasteiger charge is 2.28. The monoisotopic (exact) mass is 452 g/mol. The zero-order valence-corrected chi connectivity index (χ0v) is 18.7. The second kappa shape index (κ2) is 8.03. The molecule has 1 aliphatic carbocycles. The summed E-state index contributed by atoms with van der Waals surface area (Å²) in [6, 6.07) is 5.93. The normalized spacial score (nSPS) is 18.1. The van der Waals surface area contributed by atoms with Crippen LogP contribution in [0.4, 0.5) is 5.82 Å². The van der Waals surface area contributed by atoms with Crippen molar-refractivity contribution >= 4 is 33.9 Å². The number of anilines is 1. The van der Waals surface area contributed by atoms with Crippen LogP contribution in [0.15, 0.2) is 47.8 Å². The lowest BCUT2D eigenvalue weighted by molar-refractivity contribution is -0.125. The summed E-state index contributed by atoms with van der Waals surface area (Å²) in [4.78, 5) is 27.2. The highest BCUT2D eigenvalue weighted by atomic mass is 16.3. The van der Waals surface area contributed by atoms with E-state index in [9.17, 15) is 4.79 Å². The second-order valence-electron chi connectivity index (χ2n) is 8.95. The topological polar surface area (TPSA) is 103 Å². The molecule has 8 nitrogen and oxygen atoms in total. The van der Waals surface area contributed by atoms with Gasteiger partial charge >= 0.3 is 0 Å². The molecule has 1 atom stereocenters. The first-order chi connectivity index (χ1) is 16.6. The average molecular weight is 453 g/mol. The Morgan fingerprint density at radius 1 is 1.24 bits per heavy atom. The Hall–Kier alpha value is -4.12. The minimum Gasteiger partial charge on any atom is -0.440 e.